The van der Waals surface area contributed by atoms with Gasteiger partial charge in [0.15, 0.2) is 0 Å². The fourth-order valence-electron chi connectivity index (χ4n) is 0. The summed E-state index contributed by atoms with van der Waals surface area (Å²) in [7, 11) is 0. The molecule has 0 saturated heterocycles. The molecule has 0 saturated carbocycles. The van der Waals surface area contributed by atoms with E-state index in [1.165, 1.54) is 0 Å². The second kappa shape index (κ2) is 3.88. The van der Waals surface area contributed by atoms with Crippen LogP contribution in [0.5, 0.6) is 0 Å². The van der Waals surface area contributed by atoms with Crippen LogP contribution in [0.2, 0.25) is 0 Å². The monoisotopic (exact) mass is 140 g/mol. The van der Waals surface area contributed by atoms with Gasteiger partial charge in [-0.3, -0.25) is 11.7 Å². The maximum Gasteiger partial charge on any atom is 1.00 e. The van der Waals surface area contributed by atoms with E-state index in [0.29, 0.717) is 0 Å². The van der Waals surface area contributed by atoms with E-state index < -0.39 is 17.2 Å². The minimum atomic E-state index is -4.60. The fourth-order valence-corrected chi connectivity index (χ4v) is 0. The molecule has 1 nitrogen and oxygen atoms in total. The molecule has 0 aromatic carbocycles. The van der Waals surface area contributed by atoms with Crippen molar-refractivity contribution in [2.45, 2.75) is 5.51 Å². The van der Waals surface area contributed by atoms with Crippen LogP contribution in [-0.4, -0.2) is 5.51 Å². The Hall–Kier alpha value is 0.940. The molecule has 0 fully saturated rings. The quantitative estimate of drug-likeness (QED) is 0.279. The van der Waals surface area contributed by atoms with E-state index in [0.717, 1.165) is 0 Å². The number of hydrogen-bond donors (Lipinski definition) is 0. The van der Waals surface area contributed by atoms with Crippen LogP contribution in [0.15, 0.2) is 0 Å². The van der Waals surface area contributed by atoms with Gasteiger partial charge in [0, 0.05) is 0 Å². The van der Waals surface area contributed by atoms with Crippen LogP contribution in [0.1, 0.15) is 0 Å². The number of rotatable bonds is 0. The van der Waals surface area contributed by atoms with Gasteiger partial charge in [0.25, 0.3) is 0 Å². The summed E-state index contributed by atoms with van der Waals surface area (Å²) in [6, 6.07) is 0. The normalized spacial score (nSPS) is 10.1. The van der Waals surface area contributed by atoms with Crippen LogP contribution in [0.4, 0.5) is 13.2 Å². The van der Waals surface area contributed by atoms with Crippen LogP contribution in [0, 0.1) is 0 Å². The summed E-state index contributed by atoms with van der Waals surface area (Å²) < 4.78 is 40.0. The van der Waals surface area contributed by atoms with Crippen LogP contribution in [-0.2, 0) is 15.9 Å². The first-order valence-electron chi connectivity index (χ1n) is 0.938. The third kappa shape index (κ3) is 10.9. The van der Waals surface area contributed by atoms with E-state index in [2.05, 4.69) is 0 Å². The van der Waals surface area contributed by atoms with Gasteiger partial charge in [-0.05, 0) is 0 Å². The molecule has 0 rings (SSSR count). The van der Waals surface area contributed by atoms with Crippen molar-refractivity contribution in [1.29, 1.82) is 0 Å². The Morgan fingerprint density at radius 1 is 1.29 bits per heavy atom. The second-order valence-electron chi connectivity index (χ2n) is 0.529. The Morgan fingerprint density at radius 2 is 1.43 bits per heavy atom. The molecule has 0 radical (unpaired) electrons. The van der Waals surface area contributed by atoms with E-state index in [4.69, 9.17) is 4.21 Å². The Morgan fingerprint density at radius 3 is 1.43 bits per heavy atom. The summed E-state index contributed by atoms with van der Waals surface area (Å²) in [4.78, 5) is 0. The van der Waals surface area contributed by atoms with Gasteiger partial charge >= 0.3 is 35.1 Å². The SMILES string of the molecule is O=[S-]C(F)(F)F.[Na+]. The summed E-state index contributed by atoms with van der Waals surface area (Å²) in [6.07, 6.45) is 0. The Bertz CT molecular complexity index is 60.4. The number of hydrogen-bond acceptors (Lipinski definition) is 2. The second-order valence-corrected chi connectivity index (χ2v) is 1.16. The van der Waals surface area contributed by atoms with Crippen molar-refractivity contribution in [1.82, 2.24) is 0 Å². The molecule has 0 aromatic rings. The standard InChI is InChI=1S/CF3OS.Na/c2-1(3,4)6-5;/q-1;+1. The smallest absolute Gasteiger partial charge is 0.477 e. The van der Waals surface area contributed by atoms with Crippen molar-refractivity contribution in [3.05, 3.63) is 0 Å². The van der Waals surface area contributed by atoms with Gasteiger partial charge < -0.3 is 4.21 Å². The molecule has 0 bridgehead atoms. The maximum absolute atomic E-state index is 10.4. The van der Waals surface area contributed by atoms with E-state index in [-0.39, 0.29) is 29.6 Å². The average molecular weight is 140 g/mol. The van der Waals surface area contributed by atoms with Gasteiger partial charge in [-0.15, -0.1) is 0 Å². The molecule has 0 aliphatic heterocycles. The van der Waals surface area contributed by atoms with Gasteiger partial charge in [0.2, 0.25) is 0 Å². The molecule has 0 aliphatic carbocycles. The Kier molecular flexibility index (Phi) is 6.01. The maximum atomic E-state index is 10.4. The summed E-state index contributed by atoms with van der Waals surface area (Å²) in [5.74, 6) is 0. The molecule has 7 heavy (non-hydrogen) atoms. The van der Waals surface area contributed by atoms with Gasteiger partial charge in [-0.1, -0.05) is 0 Å². The average Bonchev–Trinajstić information content (AvgIpc) is 1.35. The van der Waals surface area contributed by atoms with E-state index >= 15 is 0 Å². The van der Waals surface area contributed by atoms with Crippen molar-refractivity contribution in [2.75, 3.05) is 0 Å². The summed E-state index contributed by atoms with van der Waals surface area (Å²) in [5.41, 5.74) is -4.60. The van der Waals surface area contributed by atoms with Crippen molar-refractivity contribution < 1.29 is 46.9 Å². The number of alkyl halides is 3. The van der Waals surface area contributed by atoms with Crippen LogP contribution < -0.4 is 29.6 Å². The molecule has 0 atom stereocenters. The molecule has 6 heteroatoms. The molecule has 0 heterocycles. The van der Waals surface area contributed by atoms with Crippen LogP contribution >= 0.6 is 0 Å². The largest absolute Gasteiger partial charge is 1.00 e. The Labute approximate surface area is 64.1 Å². The predicted octanol–water partition coefficient (Wildman–Crippen LogP) is -2.06. The topological polar surface area (TPSA) is 17.1 Å². The molecule has 0 aromatic heterocycles. The fraction of sp³-hybridized carbons (Fsp3) is 1.00. The van der Waals surface area contributed by atoms with E-state index in [1.807, 2.05) is 0 Å². The summed E-state index contributed by atoms with van der Waals surface area (Å²) in [5, 5.41) is 0. The molecule has 0 spiro atoms. The van der Waals surface area contributed by atoms with Crippen molar-refractivity contribution in [2.24, 2.45) is 0 Å². The van der Waals surface area contributed by atoms with Crippen molar-refractivity contribution >= 4 is 11.7 Å². The zero-order valence-corrected chi connectivity index (χ0v) is 6.27. The van der Waals surface area contributed by atoms with Crippen molar-refractivity contribution in [3.63, 3.8) is 0 Å². The minimum absolute atomic E-state index is 0. The minimum Gasteiger partial charge on any atom is -0.477 e. The first kappa shape index (κ1) is 10.8. The first-order valence-corrected chi connectivity index (χ1v) is 1.68. The molecule has 38 valence electrons. The third-order valence-electron chi connectivity index (χ3n) is 0.0945. The van der Waals surface area contributed by atoms with Gasteiger partial charge in [-0.2, -0.15) is 13.2 Å². The number of halogens is 3. The zero-order chi connectivity index (χ0) is 5.21. The van der Waals surface area contributed by atoms with Crippen molar-refractivity contribution in [3.8, 4) is 0 Å². The summed E-state index contributed by atoms with van der Waals surface area (Å²) >= 11 is -1.37. The van der Waals surface area contributed by atoms with E-state index in [1.54, 1.807) is 0 Å². The molecule has 0 amide bonds. The predicted molar refractivity (Wildman–Crippen MR) is 14.1 cm³/mol. The Balaban J connectivity index is 0. The van der Waals surface area contributed by atoms with Crippen LogP contribution in [0.25, 0.3) is 0 Å². The summed E-state index contributed by atoms with van der Waals surface area (Å²) in [6.45, 7) is 0. The zero-order valence-electron chi connectivity index (χ0n) is 3.45. The first-order chi connectivity index (χ1) is 2.56. The van der Waals surface area contributed by atoms with Gasteiger partial charge in [0.1, 0.15) is 0 Å². The molecule has 0 N–H and O–H groups in total. The molecule has 0 unspecified atom stereocenters. The van der Waals surface area contributed by atoms with Gasteiger partial charge in [-0.25, -0.2) is 0 Å². The van der Waals surface area contributed by atoms with E-state index in [9.17, 15) is 13.2 Å². The molecular weight excluding hydrogens is 140 g/mol. The van der Waals surface area contributed by atoms with Crippen LogP contribution in [0.3, 0.4) is 0 Å². The van der Waals surface area contributed by atoms with Gasteiger partial charge in [0.05, 0.1) is 0 Å². The molecular formula is CF3NaOS. The third-order valence-corrected chi connectivity index (χ3v) is 0.283. The molecule has 0 aliphatic rings.